The summed E-state index contributed by atoms with van der Waals surface area (Å²) in [4.78, 5) is 12.4. The van der Waals surface area contributed by atoms with E-state index in [0.717, 1.165) is 17.6 Å². The molecule has 0 heterocycles. The zero-order valence-corrected chi connectivity index (χ0v) is 11.6. The number of hydrogen-bond acceptors (Lipinski definition) is 3. The van der Waals surface area contributed by atoms with E-state index in [2.05, 4.69) is 0 Å². The number of hydrogen-bond donors (Lipinski definition) is 2. The van der Waals surface area contributed by atoms with Crippen LogP contribution in [0.1, 0.15) is 47.0 Å². The van der Waals surface area contributed by atoms with E-state index >= 15 is 0 Å². The SMILES string of the molecule is C[C@@H]1[C@@H](O)C[C@]2(O)CC3=C(CC(C)(C)C3=O)[C@]12C. The van der Waals surface area contributed by atoms with Crippen LogP contribution in [0.25, 0.3) is 0 Å². The Kier molecular flexibility index (Phi) is 2.11. The topological polar surface area (TPSA) is 57.5 Å². The van der Waals surface area contributed by atoms with Gasteiger partial charge in [-0.1, -0.05) is 33.3 Å². The van der Waals surface area contributed by atoms with Gasteiger partial charge in [0.05, 0.1) is 11.7 Å². The number of Topliss-reactive ketones (excluding diaryl/α,β-unsaturated/α-hetero) is 1. The van der Waals surface area contributed by atoms with Crippen LogP contribution >= 0.6 is 0 Å². The zero-order valence-electron chi connectivity index (χ0n) is 11.6. The van der Waals surface area contributed by atoms with E-state index in [4.69, 9.17) is 0 Å². The van der Waals surface area contributed by atoms with E-state index in [-0.39, 0.29) is 17.1 Å². The smallest absolute Gasteiger partial charge is 0.164 e. The second-order valence-corrected chi connectivity index (χ2v) is 7.32. The van der Waals surface area contributed by atoms with Gasteiger partial charge in [0.2, 0.25) is 0 Å². The van der Waals surface area contributed by atoms with Crippen molar-refractivity contribution in [2.75, 3.05) is 0 Å². The van der Waals surface area contributed by atoms with Gasteiger partial charge in [-0.05, 0) is 17.9 Å². The Morgan fingerprint density at radius 1 is 1.22 bits per heavy atom. The lowest BCUT2D eigenvalue weighted by Crippen LogP contribution is -2.43. The monoisotopic (exact) mass is 250 g/mol. The van der Waals surface area contributed by atoms with Gasteiger partial charge < -0.3 is 10.2 Å². The van der Waals surface area contributed by atoms with Crippen LogP contribution in [0.4, 0.5) is 0 Å². The number of rotatable bonds is 0. The van der Waals surface area contributed by atoms with E-state index in [9.17, 15) is 15.0 Å². The maximum absolute atomic E-state index is 12.4. The van der Waals surface area contributed by atoms with Crippen LogP contribution in [-0.4, -0.2) is 27.7 Å². The van der Waals surface area contributed by atoms with Crippen molar-refractivity contribution in [3.63, 3.8) is 0 Å². The normalized spacial score (nSPS) is 49.8. The van der Waals surface area contributed by atoms with E-state index in [0.29, 0.717) is 12.8 Å². The second kappa shape index (κ2) is 3.07. The molecule has 2 N–H and O–H groups in total. The molecule has 0 aromatic carbocycles. The van der Waals surface area contributed by atoms with Gasteiger partial charge in [0, 0.05) is 23.7 Å². The third-order valence-electron chi connectivity index (χ3n) is 5.97. The summed E-state index contributed by atoms with van der Waals surface area (Å²) < 4.78 is 0. The maximum atomic E-state index is 12.4. The van der Waals surface area contributed by atoms with Crippen LogP contribution in [-0.2, 0) is 4.79 Å². The first-order valence-corrected chi connectivity index (χ1v) is 6.81. The van der Waals surface area contributed by atoms with Crippen LogP contribution in [0, 0.1) is 16.7 Å². The van der Waals surface area contributed by atoms with Crippen molar-refractivity contribution < 1.29 is 15.0 Å². The molecule has 1 fully saturated rings. The molecule has 4 atom stereocenters. The number of aliphatic hydroxyl groups is 2. The van der Waals surface area contributed by atoms with E-state index in [1.807, 2.05) is 27.7 Å². The average Bonchev–Trinajstić information content (AvgIpc) is 2.67. The van der Waals surface area contributed by atoms with E-state index in [1.165, 1.54) is 0 Å². The van der Waals surface area contributed by atoms with Crippen molar-refractivity contribution in [3.05, 3.63) is 11.1 Å². The molecule has 3 nitrogen and oxygen atoms in total. The van der Waals surface area contributed by atoms with Gasteiger partial charge in [0.15, 0.2) is 5.78 Å². The predicted molar refractivity (Wildman–Crippen MR) is 67.9 cm³/mol. The van der Waals surface area contributed by atoms with Crippen molar-refractivity contribution in [2.45, 2.75) is 58.7 Å². The summed E-state index contributed by atoms with van der Waals surface area (Å²) in [7, 11) is 0. The molecule has 0 spiro atoms. The number of carbonyl (C=O) groups is 1. The van der Waals surface area contributed by atoms with Crippen molar-refractivity contribution in [3.8, 4) is 0 Å². The van der Waals surface area contributed by atoms with Crippen molar-refractivity contribution in [1.82, 2.24) is 0 Å². The molecule has 3 aliphatic rings. The molecule has 0 bridgehead atoms. The number of fused-ring (bicyclic) bond motifs is 2. The quantitative estimate of drug-likeness (QED) is 0.689. The molecule has 0 radical (unpaired) electrons. The molecular weight excluding hydrogens is 228 g/mol. The number of carbonyl (C=O) groups excluding carboxylic acids is 1. The Bertz CT molecular complexity index is 476. The summed E-state index contributed by atoms with van der Waals surface area (Å²) in [6.07, 6.45) is 1.10. The predicted octanol–water partition coefficient (Wildman–Crippen LogP) is 1.82. The van der Waals surface area contributed by atoms with Gasteiger partial charge in [-0.15, -0.1) is 0 Å². The van der Waals surface area contributed by atoms with Crippen molar-refractivity contribution >= 4 is 5.78 Å². The lowest BCUT2D eigenvalue weighted by molar-refractivity contribution is -0.123. The Labute approximate surface area is 108 Å². The van der Waals surface area contributed by atoms with Crippen LogP contribution < -0.4 is 0 Å². The third-order valence-corrected chi connectivity index (χ3v) is 5.97. The van der Waals surface area contributed by atoms with Gasteiger partial charge in [-0.2, -0.15) is 0 Å². The molecule has 1 saturated carbocycles. The largest absolute Gasteiger partial charge is 0.393 e. The molecular formula is C15H22O3. The lowest BCUT2D eigenvalue weighted by atomic mass is 9.67. The Morgan fingerprint density at radius 3 is 2.44 bits per heavy atom. The van der Waals surface area contributed by atoms with Gasteiger partial charge >= 0.3 is 0 Å². The van der Waals surface area contributed by atoms with Crippen LogP contribution in [0.3, 0.4) is 0 Å². The summed E-state index contributed by atoms with van der Waals surface area (Å²) in [5.74, 6) is 0.208. The first-order chi connectivity index (χ1) is 8.13. The fourth-order valence-corrected chi connectivity index (χ4v) is 4.51. The Balaban J connectivity index is 2.12. The molecule has 0 saturated heterocycles. The van der Waals surface area contributed by atoms with Crippen molar-refractivity contribution in [2.24, 2.45) is 16.7 Å². The van der Waals surface area contributed by atoms with Gasteiger partial charge in [0.1, 0.15) is 0 Å². The molecule has 3 rings (SSSR count). The first-order valence-electron chi connectivity index (χ1n) is 6.81. The number of aliphatic hydroxyl groups excluding tert-OH is 1. The summed E-state index contributed by atoms with van der Waals surface area (Å²) in [5.41, 5.74) is 0.295. The molecule has 0 aromatic rings. The fraction of sp³-hybridized carbons (Fsp3) is 0.800. The highest BCUT2D eigenvalue weighted by Gasteiger charge is 2.67. The standard InChI is InChI=1S/C15H22O3/c1-8-11(16)7-15(18)5-9-10(14(8,15)4)6-13(2,3)12(9)17/h8,11,16,18H,5-7H2,1-4H3/t8-,11+,14+,15-/m1/s1. The van der Waals surface area contributed by atoms with Crippen LogP contribution in [0.5, 0.6) is 0 Å². The van der Waals surface area contributed by atoms with Crippen LogP contribution in [0.15, 0.2) is 11.1 Å². The fourth-order valence-electron chi connectivity index (χ4n) is 4.51. The highest BCUT2D eigenvalue weighted by Crippen LogP contribution is 2.66. The average molecular weight is 250 g/mol. The maximum Gasteiger partial charge on any atom is 0.164 e. The molecule has 0 unspecified atom stereocenters. The summed E-state index contributed by atoms with van der Waals surface area (Å²) in [6.45, 7) is 7.98. The van der Waals surface area contributed by atoms with E-state index in [1.54, 1.807) is 0 Å². The van der Waals surface area contributed by atoms with Crippen LogP contribution in [0.2, 0.25) is 0 Å². The molecule has 3 heteroatoms. The van der Waals surface area contributed by atoms with E-state index < -0.39 is 17.1 Å². The third kappa shape index (κ3) is 1.11. The molecule has 100 valence electrons. The summed E-state index contributed by atoms with van der Waals surface area (Å²) in [6, 6.07) is 0. The van der Waals surface area contributed by atoms with Gasteiger partial charge in [-0.25, -0.2) is 0 Å². The summed E-state index contributed by atoms with van der Waals surface area (Å²) >= 11 is 0. The highest BCUT2D eigenvalue weighted by molar-refractivity contribution is 6.04. The molecule has 0 aromatic heterocycles. The summed E-state index contributed by atoms with van der Waals surface area (Å²) in [5, 5.41) is 21.0. The number of ketones is 1. The second-order valence-electron chi connectivity index (χ2n) is 7.32. The first kappa shape index (κ1) is 12.4. The minimum atomic E-state index is -0.914. The van der Waals surface area contributed by atoms with Gasteiger partial charge in [0.25, 0.3) is 0 Å². The Morgan fingerprint density at radius 2 is 1.83 bits per heavy atom. The molecule has 0 amide bonds. The minimum absolute atomic E-state index is 0.0108. The molecule has 3 aliphatic carbocycles. The zero-order chi connectivity index (χ0) is 13.5. The van der Waals surface area contributed by atoms with Gasteiger partial charge in [-0.3, -0.25) is 4.79 Å². The van der Waals surface area contributed by atoms with Crippen molar-refractivity contribution in [1.29, 1.82) is 0 Å². The Hall–Kier alpha value is -0.670. The highest BCUT2D eigenvalue weighted by atomic mass is 16.3. The molecule has 18 heavy (non-hydrogen) atoms. The lowest BCUT2D eigenvalue weighted by Gasteiger charge is -2.40. The minimum Gasteiger partial charge on any atom is -0.393 e. The molecule has 0 aliphatic heterocycles.